The first-order valence-electron chi connectivity index (χ1n) is 6.35. The smallest absolute Gasteiger partial charge is 0.208 e. The third-order valence-electron chi connectivity index (χ3n) is 3.60. The van der Waals surface area contributed by atoms with E-state index in [1.165, 1.54) is 19.1 Å². The van der Waals surface area contributed by atoms with E-state index in [1.54, 1.807) is 0 Å². The second-order valence-corrected chi connectivity index (χ2v) is 7.98. The molecule has 1 saturated heterocycles. The predicted molar refractivity (Wildman–Crippen MR) is 71.5 cm³/mol. The molecule has 0 saturated carbocycles. The predicted octanol–water partition coefficient (Wildman–Crippen LogP) is 1.29. The fraction of sp³-hybridized carbons (Fsp3) is 1.00. The molecule has 0 amide bonds. The van der Waals surface area contributed by atoms with Gasteiger partial charge in [-0.25, -0.2) is 13.1 Å². The van der Waals surface area contributed by atoms with E-state index < -0.39 is 10.0 Å². The van der Waals surface area contributed by atoms with E-state index in [4.69, 9.17) is 0 Å². The first kappa shape index (κ1) is 14.9. The molecule has 0 aromatic rings. The largest absolute Gasteiger partial charge is 0.302 e. The summed E-state index contributed by atoms with van der Waals surface area (Å²) in [6, 6.07) is 0. The molecule has 17 heavy (non-hydrogen) atoms. The molecule has 0 radical (unpaired) electrons. The number of likely N-dealkylation sites (tertiary alicyclic amines) is 1. The maximum atomic E-state index is 10.9. The van der Waals surface area contributed by atoms with Crippen LogP contribution in [0.4, 0.5) is 0 Å². The lowest BCUT2D eigenvalue weighted by molar-refractivity contribution is 0.114. The molecular formula is C12H26N2O2S. The van der Waals surface area contributed by atoms with Gasteiger partial charge in [0.05, 0.1) is 6.26 Å². The number of hydrogen-bond acceptors (Lipinski definition) is 3. The summed E-state index contributed by atoms with van der Waals surface area (Å²) >= 11 is 0. The summed E-state index contributed by atoms with van der Waals surface area (Å²) in [5.41, 5.74) is 0.400. The summed E-state index contributed by atoms with van der Waals surface area (Å²) in [5, 5.41) is 0. The van der Waals surface area contributed by atoms with Crippen molar-refractivity contribution in [2.75, 3.05) is 32.4 Å². The van der Waals surface area contributed by atoms with Crippen molar-refractivity contribution in [2.24, 2.45) is 11.3 Å². The SMILES string of the molecule is CC(C)(C)C1CCN(CCNS(C)(=O)=O)CC1. The van der Waals surface area contributed by atoms with E-state index in [2.05, 4.69) is 30.4 Å². The Morgan fingerprint density at radius 2 is 1.76 bits per heavy atom. The number of nitrogens with one attached hydrogen (secondary N) is 1. The second kappa shape index (κ2) is 5.67. The molecule has 1 aliphatic rings. The highest BCUT2D eigenvalue weighted by molar-refractivity contribution is 7.88. The van der Waals surface area contributed by atoms with Crippen LogP contribution in [0.1, 0.15) is 33.6 Å². The van der Waals surface area contributed by atoms with Crippen LogP contribution in [0.25, 0.3) is 0 Å². The zero-order valence-corrected chi connectivity index (χ0v) is 12.3. The molecule has 0 unspecified atom stereocenters. The van der Waals surface area contributed by atoms with Crippen LogP contribution in [-0.2, 0) is 10.0 Å². The Balaban J connectivity index is 2.24. The number of hydrogen-bond donors (Lipinski definition) is 1. The van der Waals surface area contributed by atoms with Crippen molar-refractivity contribution in [2.45, 2.75) is 33.6 Å². The van der Waals surface area contributed by atoms with Crippen molar-refractivity contribution in [3.8, 4) is 0 Å². The Bertz CT molecular complexity index is 325. The molecule has 0 atom stereocenters. The highest BCUT2D eigenvalue weighted by Gasteiger charge is 2.28. The molecule has 1 N–H and O–H groups in total. The first-order chi connectivity index (χ1) is 7.68. The summed E-state index contributed by atoms with van der Waals surface area (Å²) < 4.78 is 24.4. The standard InChI is InChI=1S/C12H26N2O2S/c1-12(2,3)11-5-8-14(9-6-11)10-7-13-17(4,15)16/h11,13H,5-10H2,1-4H3. The number of rotatable bonds is 4. The molecule has 5 heteroatoms. The van der Waals surface area contributed by atoms with Crippen molar-refractivity contribution >= 4 is 10.0 Å². The van der Waals surface area contributed by atoms with Crippen molar-refractivity contribution in [1.29, 1.82) is 0 Å². The van der Waals surface area contributed by atoms with Gasteiger partial charge in [0.25, 0.3) is 0 Å². The maximum Gasteiger partial charge on any atom is 0.208 e. The van der Waals surface area contributed by atoms with E-state index in [9.17, 15) is 8.42 Å². The minimum absolute atomic E-state index is 0.400. The average molecular weight is 262 g/mol. The van der Waals surface area contributed by atoms with Gasteiger partial charge in [0.2, 0.25) is 10.0 Å². The lowest BCUT2D eigenvalue weighted by atomic mass is 9.75. The molecule has 0 spiro atoms. The van der Waals surface area contributed by atoms with Gasteiger partial charge in [-0.15, -0.1) is 0 Å². The third-order valence-corrected chi connectivity index (χ3v) is 4.33. The molecule has 0 bridgehead atoms. The van der Waals surface area contributed by atoms with E-state index in [0.717, 1.165) is 25.6 Å². The Hall–Kier alpha value is -0.130. The third kappa shape index (κ3) is 5.84. The van der Waals surface area contributed by atoms with Gasteiger partial charge in [-0.2, -0.15) is 0 Å². The van der Waals surface area contributed by atoms with Crippen LogP contribution in [0, 0.1) is 11.3 Å². The van der Waals surface area contributed by atoms with Crippen LogP contribution in [0.5, 0.6) is 0 Å². The normalized spacial score (nSPS) is 20.7. The molecular weight excluding hydrogens is 236 g/mol. The van der Waals surface area contributed by atoms with Gasteiger partial charge in [0.15, 0.2) is 0 Å². The number of sulfonamides is 1. The van der Waals surface area contributed by atoms with Crippen molar-refractivity contribution in [1.82, 2.24) is 9.62 Å². The zero-order valence-electron chi connectivity index (χ0n) is 11.5. The highest BCUT2D eigenvalue weighted by Crippen LogP contribution is 2.33. The molecule has 0 aromatic heterocycles. The Morgan fingerprint density at radius 3 is 2.18 bits per heavy atom. The number of nitrogens with zero attached hydrogens (tertiary/aromatic N) is 1. The van der Waals surface area contributed by atoms with E-state index >= 15 is 0 Å². The van der Waals surface area contributed by atoms with Gasteiger partial charge >= 0.3 is 0 Å². The van der Waals surface area contributed by atoms with Crippen LogP contribution in [-0.4, -0.2) is 45.8 Å². The van der Waals surface area contributed by atoms with Gasteiger partial charge < -0.3 is 4.90 Å². The van der Waals surface area contributed by atoms with E-state index in [1.807, 2.05) is 0 Å². The van der Waals surface area contributed by atoms with E-state index in [0.29, 0.717) is 12.0 Å². The van der Waals surface area contributed by atoms with Crippen LogP contribution < -0.4 is 4.72 Å². The van der Waals surface area contributed by atoms with E-state index in [-0.39, 0.29) is 0 Å². The minimum Gasteiger partial charge on any atom is -0.302 e. The fourth-order valence-electron chi connectivity index (χ4n) is 2.41. The van der Waals surface area contributed by atoms with Crippen LogP contribution in [0.2, 0.25) is 0 Å². The number of piperidine rings is 1. The molecule has 0 aromatic carbocycles. The molecule has 1 rings (SSSR count). The lowest BCUT2D eigenvalue weighted by Crippen LogP contribution is -2.41. The van der Waals surface area contributed by atoms with Gasteiger partial charge in [0.1, 0.15) is 0 Å². The summed E-state index contributed by atoms with van der Waals surface area (Å²) in [6.45, 7) is 10.4. The molecule has 1 fully saturated rings. The molecule has 4 nitrogen and oxygen atoms in total. The second-order valence-electron chi connectivity index (χ2n) is 6.15. The first-order valence-corrected chi connectivity index (χ1v) is 8.24. The van der Waals surface area contributed by atoms with Gasteiger partial charge in [-0.05, 0) is 37.3 Å². The van der Waals surface area contributed by atoms with Crippen LogP contribution >= 0.6 is 0 Å². The molecule has 0 aliphatic carbocycles. The maximum absolute atomic E-state index is 10.9. The van der Waals surface area contributed by atoms with Crippen molar-refractivity contribution in [3.05, 3.63) is 0 Å². The minimum atomic E-state index is -3.04. The Kier molecular flexibility index (Phi) is 4.98. The van der Waals surface area contributed by atoms with Crippen molar-refractivity contribution in [3.63, 3.8) is 0 Å². The van der Waals surface area contributed by atoms with Gasteiger partial charge in [0, 0.05) is 13.1 Å². The topological polar surface area (TPSA) is 49.4 Å². The Morgan fingerprint density at radius 1 is 1.24 bits per heavy atom. The highest BCUT2D eigenvalue weighted by atomic mass is 32.2. The quantitative estimate of drug-likeness (QED) is 0.830. The lowest BCUT2D eigenvalue weighted by Gasteiger charge is -2.38. The molecule has 102 valence electrons. The summed E-state index contributed by atoms with van der Waals surface area (Å²) in [6.07, 6.45) is 3.66. The average Bonchev–Trinajstić information content (AvgIpc) is 2.15. The van der Waals surface area contributed by atoms with Crippen LogP contribution in [0.3, 0.4) is 0 Å². The fourth-order valence-corrected chi connectivity index (χ4v) is 2.87. The van der Waals surface area contributed by atoms with Crippen molar-refractivity contribution < 1.29 is 8.42 Å². The molecule has 1 aliphatic heterocycles. The zero-order chi connectivity index (χ0) is 13.1. The summed E-state index contributed by atoms with van der Waals surface area (Å²) in [4.78, 5) is 2.35. The molecule has 1 heterocycles. The van der Waals surface area contributed by atoms with Crippen LogP contribution in [0.15, 0.2) is 0 Å². The van der Waals surface area contributed by atoms with Gasteiger partial charge in [-0.1, -0.05) is 20.8 Å². The summed E-state index contributed by atoms with van der Waals surface area (Å²) in [7, 11) is -3.04. The van der Waals surface area contributed by atoms with Gasteiger partial charge in [-0.3, -0.25) is 0 Å². The monoisotopic (exact) mass is 262 g/mol. The summed E-state index contributed by atoms with van der Waals surface area (Å²) in [5.74, 6) is 0.793. The Labute approximate surface area is 106 Å².